The topological polar surface area (TPSA) is 85.8 Å². The number of thiophene rings is 1. The van der Waals surface area contributed by atoms with E-state index in [0.717, 1.165) is 15.0 Å². The van der Waals surface area contributed by atoms with Gasteiger partial charge in [-0.15, -0.1) is 41.7 Å². The van der Waals surface area contributed by atoms with Gasteiger partial charge in [-0.3, -0.25) is 9.79 Å². The van der Waals surface area contributed by atoms with E-state index in [0.29, 0.717) is 17.2 Å². The standard InChI is InChI=1S/C22H22N4O2S.HI/c1-3-15-7-6-9-17(11-15)26-21(28)14-25-22(23-2)24-13-18(27)20-12-16-8-4-5-10-19(16)29-20;/h1,4-12,18,27H,13-14H2,2H3,(H,26,28)(H2,23,24,25);1H. The highest BCUT2D eigenvalue weighted by molar-refractivity contribution is 14.0. The summed E-state index contributed by atoms with van der Waals surface area (Å²) in [6.45, 7) is 0.303. The molecule has 6 nitrogen and oxygen atoms in total. The van der Waals surface area contributed by atoms with Crippen molar-refractivity contribution in [3.63, 3.8) is 0 Å². The van der Waals surface area contributed by atoms with Crippen LogP contribution in [0.3, 0.4) is 0 Å². The van der Waals surface area contributed by atoms with Crippen molar-refractivity contribution in [2.24, 2.45) is 4.99 Å². The number of hydrogen-bond donors (Lipinski definition) is 4. The molecule has 0 saturated heterocycles. The molecule has 0 aliphatic carbocycles. The average Bonchev–Trinajstić information content (AvgIpc) is 3.18. The smallest absolute Gasteiger partial charge is 0.243 e. The van der Waals surface area contributed by atoms with E-state index in [9.17, 15) is 9.90 Å². The molecule has 1 amide bonds. The number of nitrogens with zero attached hydrogens (tertiary/aromatic N) is 1. The number of carbonyl (C=O) groups is 1. The fourth-order valence-corrected chi connectivity index (χ4v) is 3.79. The van der Waals surface area contributed by atoms with E-state index in [4.69, 9.17) is 6.42 Å². The SMILES string of the molecule is C#Cc1cccc(NC(=O)CNC(=NC)NCC(O)c2cc3ccccc3s2)c1.I. The molecule has 0 radical (unpaired) electrons. The maximum absolute atomic E-state index is 12.1. The van der Waals surface area contributed by atoms with E-state index in [1.165, 1.54) is 0 Å². The van der Waals surface area contributed by atoms with Crippen molar-refractivity contribution in [2.45, 2.75) is 6.10 Å². The molecular formula is C22H23IN4O2S. The average molecular weight is 534 g/mol. The normalized spacial score (nSPS) is 11.8. The second-order valence-electron chi connectivity index (χ2n) is 6.28. The zero-order chi connectivity index (χ0) is 20.6. The molecule has 1 aromatic heterocycles. The molecule has 0 saturated carbocycles. The lowest BCUT2D eigenvalue weighted by Crippen LogP contribution is -2.42. The molecule has 0 aliphatic heterocycles. The largest absolute Gasteiger partial charge is 0.386 e. The first-order valence-electron chi connectivity index (χ1n) is 9.06. The number of hydrogen-bond acceptors (Lipinski definition) is 4. The number of fused-ring (bicyclic) bond motifs is 1. The summed E-state index contributed by atoms with van der Waals surface area (Å²) in [4.78, 5) is 17.1. The summed E-state index contributed by atoms with van der Waals surface area (Å²) >= 11 is 1.56. The number of aliphatic imine (C=N–C) groups is 1. The zero-order valence-corrected chi connectivity index (χ0v) is 19.5. The number of halogens is 1. The van der Waals surface area contributed by atoms with E-state index < -0.39 is 6.10 Å². The van der Waals surface area contributed by atoms with Crippen LogP contribution in [0.1, 0.15) is 16.5 Å². The van der Waals surface area contributed by atoms with Crippen molar-refractivity contribution in [2.75, 3.05) is 25.5 Å². The van der Waals surface area contributed by atoms with Gasteiger partial charge in [0, 0.05) is 34.4 Å². The van der Waals surface area contributed by atoms with Gasteiger partial charge in [0.05, 0.1) is 6.54 Å². The van der Waals surface area contributed by atoms with Crippen molar-refractivity contribution >= 4 is 63.0 Å². The van der Waals surface area contributed by atoms with Gasteiger partial charge in [0.1, 0.15) is 6.10 Å². The second-order valence-corrected chi connectivity index (χ2v) is 7.40. The monoisotopic (exact) mass is 534 g/mol. The highest BCUT2D eigenvalue weighted by Crippen LogP contribution is 2.29. The first-order valence-corrected chi connectivity index (χ1v) is 9.88. The van der Waals surface area contributed by atoms with E-state index in [1.807, 2.05) is 30.3 Å². The Labute approximate surface area is 196 Å². The van der Waals surface area contributed by atoms with Crippen molar-refractivity contribution in [3.8, 4) is 12.3 Å². The predicted octanol–water partition coefficient (Wildman–Crippen LogP) is 3.34. The molecule has 2 aromatic carbocycles. The maximum Gasteiger partial charge on any atom is 0.243 e. The third-order valence-electron chi connectivity index (χ3n) is 4.19. The van der Waals surface area contributed by atoms with Gasteiger partial charge in [-0.25, -0.2) is 0 Å². The number of anilines is 1. The van der Waals surface area contributed by atoms with Crippen LogP contribution in [-0.4, -0.2) is 37.1 Å². The molecule has 30 heavy (non-hydrogen) atoms. The van der Waals surface area contributed by atoms with Crippen LogP contribution in [0.25, 0.3) is 10.1 Å². The van der Waals surface area contributed by atoms with Crippen LogP contribution in [0, 0.1) is 12.3 Å². The lowest BCUT2D eigenvalue weighted by Gasteiger charge is -2.14. The number of nitrogens with one attached hydrogen (secondary N) is 3. The molecular weight excluding hydrogens is 511 g/mol. The summed E-state index contributed by atoms with van der Waals surface area (Å²) < 4.78 is 1.13. The number of rotatable bonds is 6. The van der Waals surface area contributed by atoms with Gasteiger partial charge in [-0.05, 0) is 35.7 Å². The van der Waals surface area contributed by atoms with Gasteiger partial charge >= 0.3 is 0 Å². The maximum atomic E-state index is 12.1. The van der Waals surface area contributed by atoms with Crippen LogP contribution in [-0.2, 0) is 4.79 Å². The Morgan fingerprint density at radius 3 is 2.73 bits per heavy atom. The minimum atomic E-state index is -0.675. The number of amides is 1. The van der Waals surface area contributed by atoms with E-state index >= 15 is 0 Å². The molecule has 1 heterocycles. The van der Waals surface area contributed by atoms with Crippen LogP contribution < -0.4 is 16.0 Å². The number of aliphatic hydroxyl groups excluding tert-OH is 1. The Bertz CT molecular complexity index is 1040. The summed E-state index contributed by atoms with van der Waals surface area (Å²) in [5.41, 5.74) is 1.33. The molecule has 0 spiro atoms. The molecule has 0 aliphatic rings. The zero-order valence-electron chi connectivity index (χ0n) is 16.4. The molecule has 8 heteroatoms. The Kier molecular flexibility index (Phi) is 9.11. The number of benzene rings is 2. The van der Waals surface area contributed by atoms with Gasteiger partial charge in [-0.2, -0.15) is 0 Å². The minimum absolute atomic E-state index is 0. The Morgan fingerprint density at radius 1 is 1.20 bits per heavy atom. The summed E-state index contributed by atoms with van der Waals surface area (Å²) in [7, 11) is 1.61. The van der Waals surface area contributed by atoms with Crippen LogP contribution in [0.15, 0.2) is 59.6 Å². The van der Waals surface area contributed by atoms with Crippen molar-refractivity contribution in [3.05, 3.63) is 65.0 Å². The van der Waals surface area contributed by atoms with Crippen LogP contribution in [0.2, 0.25) is 0 Å². The number of guanidine groups is 1. The van der Waals surface area contributed by atoms with Gasteiger partial charge in [-0.1, -0.05) is 30.2 Å². The minimum Gasteiger partial charge on any atom is -0.386 e. The lowest BCUT2D eigenvalue weighted by atomic mass is 10.2. The van der Waals surface area contributed by atoms with Gasteiger partial charge in [0.25, 0.3) is 0 Å². The molecule has 156 valence electrons. The quantitative estimate of drug-likeness (QED) is 0.169. The Balaban J connectivity index is 0.00000320. The summed E-state index contributed by atoms with van der Waals surface area (Å²) in [5.74, 6) is 2.73. The molecule has 3 aromatic rings. The number of carbonyl (C=O) groups excluding carboxylic acids is 1. The third-order valence-corrected chi connectivity index (χ3v) is 5.41. The first kappa shape index (κ1) is 23.7. The fourth-order valence-electron chi connectivity index (χ4n) is 2.74. The van der Waals surface area contributed by atoms with Crippen LogP contribution in [0.5, 0.6) is 0 Å². The van der Waals surface area contributed by atoms with Gasteiger partial charge in [0.15, 0.2) is 5.96 Å². The fraction of sp³-hybridized carbons (Fsp3) is 0.182. The molecule has 4 N–H and O–H groups in total. The molecule has 0 fully saturated rings. The predicted molar refractivity (Wildman–Crippen MR) is 135 cm³/mol. The van der Waals surface area contributed by atoms with E-state index in [2.05, 4.69) is 26.9 Å². The highest BCUT2D eigenvalue weighted by atomic mass is 127. The summed E-state index contributed by atoms with van der Waals surface area (Å²) in [5, 5.41) is 20.3. The second kappa shape index (κ2) is 11.5. The summed E-state index contributed by atoms with van der Waals surface area (Å²) in [6.07, 6.45) is 4.69. The molecule has 3 rings (SSSR count). The summed E-state index contributed by atoms with van der Waals surface area (Å²) in [6, 6.07) is 17.1. The Hall–Kier alpha value is -2.61. The van der Waals surface area contributed by atoms with Gasteiger partial charge in [0.2, 0.25) is 5.91 Å². The number of aliphatic hydroxyl groups is 1. The third kappa shape index (κ3) is 6.45. The van der Waals surface area contributed by atoms with Crippen molar-refractivity contribution in [1.82, 2.24) is 10.6 Å². The molecule has 1 atom stereocenters. The van der Waals surface area contributed by atoms with E-state index in [-0.39, 0.29) is 43.0 Å². The van der Waals surface area contributed by atoms with Crippen LogP contribution >= 0.6 is 35.3 Å². The van der Waals surface area contributed by atoms with Gasteiger partial charge < -0.3 is 21.1 Å². The number of terminal acetylenes is 1. The highest BCUT2D eigenvalue weighted by Gasteiger charge is 2.12. The van der Waals surface area contributed by atoms with Crippen molar-refractivity contribution < 1.29 is 9.90 Å². The first-order chi connectivity index (χ1) is 14.1. The lowest BCUT2D eigenvalue weighted by molar-refractivity contribution is -0.115. The van der Waals surface area contributed by atoms with Crippen LogP contribution in [0.4, 0.5) is 5.69 Å². The van der Waals surface area contributed by atoms with Crippen molar-refractivity contribution in [1.29, 1.82) is 0 Å². The Morgan fingerprint density at radius 2 is 2.00 bits per heavy atom. The molecule has 1 unspecified atom stereocenters. The molecule has 0 bridgehead atoms. The van der Waals surface area contributed by atoms with E-state index in [1.54, 1.807) is 42.6 Å².